The van der Waals surface area contributed by atoms with E-state index in [1.54, 1.807) is 31.6 Å². The molecule has 0 unspecified atom stereocenters. The van der Waals surface area contributed by atoms with Crippen LogP contribution in [-0.4, -0.2) is 27.6 Å². The molecular formula is C14H16N4O2. The van der Waals surface area contributed by atoms with Gasteiger partial charge in [-0.2, -0.15) is 5.10 Å². The van der Waals surface area contributed by atoms with Crippen LogP contribution in [0.25, 0.3) is 5.69 Å². The van der Waals surface area contributed by atoms with Gasteiger partial charge in [-0.3, -0.25) is 14.6 Å². The highest BCUT2D eigenvalue weighted by molar-refractivity contribution is 6.02. The number of carbonyl (C=O) groups excluding carboxylic acids is 1. The second-order valence-corrected chi connectivity index (χ2v) is 3.66. The Morgan fingerprint density at radius 3 is 2.65 bits per heavy atom. The highest BCUT2D eigenvalue weighted by Crippen LogP contribution is 2.02. The molecule has 6 nitrogen and oxygen atoms in total. The van der Waals surface area contributed by atoms with Crippen molar-refractivity contribution in [1.82, 2.24) is 20.1 Å². The van der Waals surface area contributed by atoms with Crippen molar-refractivity contribution in [3.05, 3.63) is 65.0 Å². The minimum absolute atomic E-state index is 0. The third-order valence-corrected chi connectivity index (χ3v) is 2.37. The first kappa shape index (κ1) is 15.3. The number of carbonyl (C=O) groups is 1. The minimum atomic E-state index is -0.442. The van der Waals surface area contributed by atoms with Crippen molar-refractivity contribution in [1.29, 1.82) is 0 Å². The molecule has 20 heavy (non-hydrogen) atoms. The molecule has 2 aromatic rings. The molecule has 2 rings (SSSR count). The van der Waals surface area contributed by atoms with Crippen LogP contribution in [-0.2, 0) is 0 Å². The second-order valence-electron chi connectivity index (χ2n) is 3.66. The van der Waals surface area contributed by atoms with E-state index in [0.29, 0.717) is 0 Å². The summed E-state index contributed by atoms with van der Waals surface area (Å²) in [5.41, 5.74) is 0.198. The van der Waals surface area contributed by atoms with Crippen molar-refractivity contribution in [2.45, 2.75) is 7.43 Å². The zero-order chi connectivity index (χ0) is 13.7. The lowest BCUT2D eigenvalue weighted by atomic mass is 10.2. The molecule has 2 heterocycles. The summed E-state index contributed by atoms with van der Waals surface area (Å²) in [5.74, 6) is -0.442. The number of hydrogen-bond donors (Lipinski definition) is 1. The predicted octanol–water partition coefficient (Wildman–Crippen LogP) is 1.18. The standard InChI is InChI=1S/C13H12N4O2.CH4/c1-14-6-4-11(18)13-12(19)5-9-17(16-13)10-2-7-15-8-3-10;/h2-9,14H,1H3;1H4. The fourth-order valence-corrected chi connectivity index (χ4v) is 1.46. The lowest BCUT2D eigenvalue weighted by molar-refractivity contribution is 0.103. The lowest BCUT2D eigenvalue weighted by Gasteiger charge is -2.05. The topological polar surface area (TPSA) is 76.9 Å². The predicted molar refractivity (Wildman–Crippen MR) is 76.9 cm³/mol. The van der Waals surface area contributed by atoms with Gasteiger partial charge in [-0.1, -0.05) is 7.43 Å². The van der Waals surface area contributed by atoms with Crippen LogP contribution < -0.4 is 10.7 Å². The van der Waals surface area contributed by atoms with E-state index >= 15 is 0 Å². The van der Waals surface area contributed by atoms with Gasteiger partial charge < -0.3 is 5.32 Å². The summed E-state index contributed by atoms with van der Waals surface area (Å²) in [6, 6.07) is 4.78. The van der Waals surface area contributed by atoms with Crippen molar-refractivity contribution >= 4 is 5.78 Å². The quantitative estimate of drug-likeness (QED) is 0.668. The number of allylic oxidation sites excluding steroid dienone is 1. The number of pyridine rings is 1. The minimum Gasteiger partial charge on any atom is -0.394 e. The Labute approximate surface area is 116 Å². The molecule has 6 heteroatoms. The van der Waals surface area contributed by atoms with Gasteiger partial charge in [0.05, 0.1) is 5.69 Å². The molecule has 0 atom stereocenters. The summed E-state index contributed by atoms with van der Waals surface area (Å²) < 4.78 is 1.46. The molecule has 0 aliphatic rings. The van der Waals surface area contributed by atoms with Crippen LogP contribution in [0.15, 0.2) is 53.9 Å². The molecule has 0 aromatic carbocycles. The third kappa shape index (κ3) is 3.38. The van der Waals surface area contributed by atoms with E-state index in [1.807, 2.05) is 0 Å². The fourth-order valence-electron chi connectivity index (χ4n) is 1.46. The summed E-state index contributed by atoms with van der Waals surface area (Å²) in [7, 11) is 1.66. The Bertz CT molecular complexity index is 662. The second kappa shape index (κ2) is 6.98. The molecule has 0 aliphatic carbocycles. The molecule has 0 amide bonds. The van der Waals surface area contributed by atoms with Gasteiger partial charge in [0.15, 0.2) is 5.69 Å². The van der Waals surface area contributed by atoms with Gasteiger partial charge in [-0.05, 0) is 12.1 Å². The van der Waals surface area contributed by atoms with Gasteiger partial charge in [0.2, 0.25) is 11.2 Å². The summed E-state index contributed by atoms with van der Waals surface area (Å²) in [4.78, 5) is 27.3. The van der Waals surface area contributed by atoms with Gasteiger partial charge >= 0.3 is 0 Å². The molecule has 104 valence electrons. The lowest BCUT2D eigenvalue weighted by Crippen LogP contribution is -2.19. The Morgan fingerprint density at radius 1 is 1.30 bits per heavy atom. The molecule has 0 aliphatic heterocycles. The van der Waals surface area contributed by atoms with Gasteiger partial charge in [-0.15, -0.1) is 0 Å². The number of hydrogen-bond acceptors (Lipinski definition) is 5. The maximum Gasteiger partial charge on any atom is 0.211 e. The summed E-state index contributed by atoms with van der Waals surface area (Å²) in [5, 5.41) is 6.73. The summed E-state index contributed by atoms with van der Waals surface area (Å²) >= 11 is 0. The smallest absolute Gasteiger partial charge is 0.211 e. The zero-order valence-corrected chi connectivity index (χ0v) is 10.3. The van der Waals surface area contributed by atoms with E-state index in [-0.39, 0.29) is 13.1 Å². The van der Waals surface area contributed by atoms with Crippen molar-refractivity contribution < 1.29 is 4.79 Å². The molecule has 2 aromatic heterocycles. The van der Waals surface area contributed by atoms with Gasteiger partial charge in [0.25, 0.3) is 0 Å². The molecule has 0 bridgehead atoms. The van der Waals surface area contributed by atoms with Crippen LogP contribution in [0, 0.1) is 0 Å². The molecular weight excluding hydrogens is 256 g/mol. The average Bonchev–Trinajstić information content (AvgIpc) is 2.46. The first-order valence-electron chi connectivity index (χ1n) is 5.61. The Hall–Kier alpha value is -2.76. The molecule has 0 spiro atoms. The van der Waals surface area contributed by atoms with Crippen molar-refractivity contribution in [3.63, 3.8) is 0 Å². The third-order valence-electron chi connectivity index (χ3n) is 2.37. The Morgan fingerprint density at radius 2 is 2.00 bits per heavy atom. The van der Waals surface area contributed by atoms with E-state index in [2.05, 4.69) is 15.4 Å². The highest BCUT2D eigenvalue weighted by Gasteiger charge is 2.10. The van der Waals surface area contributed by atoms with Crippen molar-refractivity contribution in [2.75, 3.05) is 7.05 Å². The summed E-state index contributed by atoms with van der Waals surface area (Å²) in [6.07, 6.45) is 7.44. The SMILES string of the molecule is C.CNC=CC(=O)c1nn(-c2ccncc2)ccc1=O. The van der Waals surface area contributed by atoms with Crippen LogP contribution >= 0.6 is 0 Å². The first-order chi connectivity index (χ1) is 9.22. The number of rotatable bonds is 4. The van der Waals surface area contributed by atoms with Crippen LogP contribution in [0.2, 0.25) is 0 Å². The molecule has 0 saturated heterocycles. The van der Waals surface area contributed by atoms with Crippen molar-refractivity contribution in [2.24, 2.45) is 0 Å². The van der Waals surface area contributed by atoms with Crippen LogP contribution in [0.1, 0.15) is 17.9 Å². The average molecular weight is 272 g/mol. The largest absolute Gasteiger partial charge is 0.394 e. The number of nitrogens with zero attached hydrogens (tertiary/aromatic N) is 3. The van der Waals surface area contributed by atoms with Crippen LogP contribution in [0.3, 0.4) is 0 Å². The molecule has 0 fully saturated rings. The van der Waals surface area contributed by atoms with Gasteiger partial charge in [-0.25, -0.2) is 4.68 Å². The van der Waals surface area contributed by atoms with E-state index in [9.17, 15) is 9.59 Å². The molecule has 0 radical (unpaired) electrons. The number of aromatic nitrogens is 3. The number of nitrogens with one attached hydrogen (secondary N) is 1. The Balaban J connectivity index is 0.00000200. The monoisotopic (exact) mass is 272 g/mol. The normalized spacial score (nSPS) is 10.1. The first-order valence-corrected chi connectivity index (χ1v) is 5.61. The van der Waals surface area contributed by atoms with E-state index in [1.165, 1.54) is 29.2 Å². The maximum atomic E-state index is 11.8. The van der Waals surface area contributed by atoms with Gasteiger partial charge in [0, 0.05) is 44.0 Å². The van der Waals surface area contributed by atoms with E-state index < -0.39 is 11.2 Å². The summed E-state index contributed by atoms with van der Waals surface area (Å²) in [6.45, 7) is 0. The number of ketones is 1. The highest BCUT2D eigenvalue weighted by atomic mass is 16.1. The van der Waals surface area contributed by atoms with Crippen LogP contribution in [0.5, 0.6) is 0 Å². The van der Waals surface area contributed by atoms with Crippen LogP contribution in [0.4, 0.5) is 0 Å². The van der Waals surface area contributed by atoms with E-state index in [4.69, 9.17) is 0 Å². The Kier molecular flexibility index (Phi) is 5.34. The van der Waals surface area contributed by atoms with E-state index in [0.717, 1.165) is 5.69 Å². The zero-order valence-electron chi connectivity index (χ0n) is 10.3. The molecule has 1 N–H and O–H groups in total. The fraction of sp³-hybridized carbons (Fsp3) is 0.143. The van der Waals surface area contributed by atoms with Gasteiger partial charge in [0.1, 0.15) is 0 Å². The molecule has 0 saturated carbocycles. The van der Waals surface area contributed by atoms with Crippen molar-refractivity contribution in [3.8, 4) is 5.69 Å². The maximum absolute atomic E-state index is 11.8.